The van der Waals surface area contributed by atoms with Crippen LogP contribution in [0.25, 0.3) is 0 Å². The highest BCUT2D eigenvalue weighted by Gasteiger charge is 2.21. The van der Waals surface area contributed by atoms with Gasteiger partial charge in [0.05, 0.1) is 13.7 Å². The molecule has 3 N–H and O–H groups in total. The van der Waals surface area contributed by atoms with Gasteiger partial charge in [0.25, 0.3) is 0 Å². The van der Waals surface area contributed by atoms with Crippen LogP contribution in [0.1, 0.15) is 23.6 Å². The van der Waals surface area contributed by atoms with Gasteiger partial charge in [-0.3, -0.25) is 0 Å². The van der Waals surface area contributed by atoms with Crippen molar-refractivity contribution in [2.75, 3.05) is 19.5 Å². The molecule has 0 fully saturated rings. The quantitative estimate of drug-likeness (QED) is 0.819. The van der Waals surface area contributed by atoms with E-state index in [0.717, 1.165) is 36.8 Å². The van der Waals surface area contributed by atoms with E-state index in [1.807, 2.05) is 24.3 Å². The Morgan fingerprint density at radius 1 is 1.17 bits per heavy atom. The molecule has 1 unspecified atom stereocenters. The Hall–Kier alpha value is -1.62. The summed E-state index contributed by atoms with van der Waals surface area (Å²) >= 11 is 0. The molecule has 2 aromatic rings. The van der Waals surface area contributed by atoms with Crippen molar-refractivity contribution in [1.29, 1.82) is 0 Å². The van der Waals surface area contributed by atoms with Crippen molar-refractivity contribution in [3.63, 3.8) is 0 Å². The number of anilines is 1. The van der Waals surface area contributed by atoms with E-state index in [9.17, 15) is 0 Å². The average molecular weight is 357 g/mol. The number of methoxy groups -OCH3 is 1. The van der Waals surface area contributed by atoms with Crippen molar-refractivity contribution < 1.29 is 9.47 Å². The first kappa shape index (κ1) is 19.4. The maximum absolute atomic E-state index is 5.73. The second-order valence-electron chi connectivity index (χ2n) is 5.22. The summed E-state index contributed by atoms with van der Waals surface area (Å²) in [5.74, 6) is 1.74. The van der Waals surface area contributed by atoms with Crippen LogP contribution in [0.3, 0.4) is 0 Å². The van der Waals surface area contributed by atoms with E-state index in [0.29, 0.717) is 6.04 Å². The van der Waals surface area contributed by atoms with Crippen LogP contribution >= 0.6 is 24.8 Å². The second kappa shape index (κ2) is 8.87. The van der Waals surface area contributed by atoms with E-state index >= 15 is 0 Å². The number of ether oxygens (including phenoxy) is 2. The lowest BCUT2D eigenvalue weighted by molar-refractivity contribution is 0.250. The summed E-state index contributed by atoms with van der Waals surface area (Å²) in [7, 11) is 1.67. The lowest BCUT2D eigenvalue weighted by atomic mass is 10.00. The molecule has 2 aromatic carbocycles. The van der Waals surface area contributed by atoms with Crippen molar-refractivity contribution in [3.05, 3.63) is 53.6 Å². The van der Waals surface area contributed by atoms with E-state index in [2.05, 4.69) is 23.5 Å². The van der Waals surface area contributed by atoms with Gasteiger partial charge in [-0.1, -0.05) is 18.2 Å². The molecule has 0 aromatic heterocycles. The van der Waals surface area contributed by atoms with E-state index < -0.39 is 0 Å². The van der Waals surface area contributed by atoms with Crippen LogP contribution in [0.5, 0.6) is 11.5 Å². The van der Waals surface area contributed by atoms with Crippen LogP contribution in [0, 0.1) is 0 Å². The highest BCUT2D eigenvalue weighted by Crippen LogP contribution is 2.34. The summed E-state index contributed by atoms with van der Waals surface area (Å²) in [4.78, 5) is 0. The first-order valence-electron chi connectivity index (χ1n) is 7.15. The number of nitrogens with one attached hydrogen (secondary N) is 1. The number of halogens is 2. The fraction of sp³-hybridized carbons (Fsp3) is 0.294. The predicted octanol–water partition coefficient (Wildman–Crippen LogP) is 3.73. The van der Waals surface area contributed by atoms with Gasteiger partial charge in [0.1, 0.15) is 11.5 Å². The van der Waals surface area contributed by atoms with Crippen molar-refractivity contribution in [2.24, 2.45) is 0 Å². The van der Waals surface area contributed by atoms with E-state index in [4.69, 9.17) is 15.2 Å². The second-order valence-corrected chi connectivity index (χ2v) is 5.22. The molecule has 0 saturated heterocycles. The van der Waals surface area contributed by atoms with Gasteiger partial charge in [0.15, 0.2) is 0 Å². The number of benzene rings is 2. The molecule has 0 spiro atoms. The summed E-state index contributed by atoms with van der Waals surface area (Å²) in [6, 6.07) is 14.3. The molecule has 3 rings (SSSR count). The third-order valence-electron chi connectivity index (χ3n) is 3.79. The molecule has 126 valence electrons. The third-order valence-corrected chi connectivity index (χ3v) is 3.79. The zero-order valence-electron chi connectivity index (χ0n) is 13.0. The number of nitrogen functional groups attached to an aromatic ring is 1. The fourth-order valence-electron chi connectivity index (χ4n) is 2.59. The van der Waals surface area contributed by atoms with Crippen molar-refractivity contribution in [1.82, 2.24) is 5.32 Å². The Balaban J connectivity index is 0.00000132. The minimum atomic E-state index is 0. The lowest BCUT2D eigenvalue weighted by Gasteiger charge is -2.27. The highest BCUT2D eigenvalue weighted by atomic mass is 35.5. The molecule has 0 bridgehead atoms. The van der Waals surface area contributed by atoms with Gasteiger partial charge in [-0.25, -0.2) is 0 Å². The molecule has 1 heterocycles. The molecule has 0 saturated carbocycles. The molecular weight excluding hydrogens is 335 g/mol. The zero-order valence-corrected chi connectivity index (χ0v) is 14.6. The summed E-state index contributed by atoms with van der Waals surface area (Å²) in [5, 5.41) is 3.59. The largest absolute Gasteiger partial charge is 0.497 e. The highest BCUT2D eigenvalue weighted by molar-refractivity contribution is 5.85. The van der Waals surface area contributed by atoms with Gasteiger partial charge >= 0.3 is 0 Å². The molecule has 0 amide bonds. The first-order valence-corrected chi connectivity index (χ1v) is 7.15. The van der Waals surface area contributed by atoms with Crippen LogP contribution < -0.4 is 20.5 Å². The van der Waals surface area contributed by atoms with E-state index in [1.165, 1.54) is 11.1 Å². The summed E-state index contributed by atoms with van der Waals surface area (Å²) < 4.78 is 11.0. The number of rotatable bonds is 4. The monoisotopic (exact) mass is 356 g/mol. The zero-order chi connectivity index (χ0) is 14.7. The van der Waals surface area contributed by atoms with Crippen LogP contribution in [-0.4, -0.2) is 13.7 Å². The summed E-state index contributed by atoms with van der Waals surface area (Å²) in [6.07, 6.45) is 0.967. The molecule has 1 atom stereocenters. The van der Waals surface area contributed by atoms with E-state index in [1.54, 1.807) is 7.11 Å². The van der Waals surface area contributed by atoms with Crippen molar-refractivity contribution in [3.8, 4) is 11.5 Å². The predicted molar refractivity (Wildman–Crippen MR) is 98.0 cm³/mol. The Morgan fingerprint density at radius 3 is 2.61 bits per heavy atom. The van der Waals surface area contributed by atoms with Crippen molar-refractivity contribution in [2.45, 2.75) is 19.0 Å². The Labute approximate surface area is 149 Å². The molecule has 1 aliphatic rings. The SMILES string of the molecule is COc1ccc2c(c1)OCCC2NCc1ccc(N)cc1.Cl.Cl. The molecule has 1 aliphatic heterocycles. The maximum Gasteiger partial charge on any atom is 0.127 e. The standard InChI is InChI=1S/C17H20N2O2.2ClH/c1-20-14-6-7-15-16(8-9-21-17(15)10-14)19-11-12-2-4-13(18)5-3-12;;/h2-7,10,16,19H,8-9,11,18H2,1H3;2*1H. The number of hydrogen-bond donors (Lipinski definition) is 2. The van der Waals surface area contributed by atoms with Crippen LogP contribution in [0.15, 0.2) is 42.5 Å². The Morgan fingerprint density at radius 2 is 1.91 bits per heavy atom. The molecular formula is C17H22Cl2N2O2. The summed E-state index contributed by atoms with van der Waals surface area (Å²) in [6.45, 7) is 1.54. The van der Waals surface area contributed by atoms with Crippen molar-refractivity contribution >= 4 is 30.5 Å². The van der Waals surface area contributed by atoms with E-state index in [-0.39, 0.29) is 24.8 Å². The van der Waals surface area contributed by atoms with Gasteiger partial charge < -0.3 is 20.5 Å². The minimum Gasteiger partial charge on any atom is -0.497 e. The fourth-order valence-corrected chi connectivity index (χ4v) is 2.59. The first-order chi connectivity index (χ1) is 10.3. The molecule has 0 radical (unpaired) electrons. The Bertz CT molecular complexity index is 620. The number of fused-ring (bicyclic) bond motifs is 1. The van der Waals surface area contributed by atoms with Crippen LogP contribution in [0.4, 0.5) is 5.69 Å². The Kier molecular flexibility index (Phi) is 7.49. The van der Waals surface area contributed by atoms with Gasteiger partial charge in [-0.05, 0) is 23.8 Å². The van der Waals surface area contributed by atoms with Gasteiger partial charge in [0.2, 0.25) is 0 Å². The summed E-state index contributed by atoms with van der Waals surface area (Å²) in [5.41, 5.74) is 8.92. The molecule has 4 nitrogen and oxygen atoms in total. The third kappa shape index (κ3) is 4.67. The molecule has 6 heteroatoms. The average Bonchev–Trinajstić information content (AvgIpc) is 2.53. The topological polar surface area (TPSA) is 56.5 Å². The number of nitrogens with two attached hydrogens (primary N) is 1. The maximum atomic E-state index is 5.73. The lowest BCUT2D eigenvalue weighted by Crippen LogP contribution is -2.26. The molecule has 0 aliphatic carbocycles. The van der Waals surface area contributed by atoms with Gasteiger partial charge in [0, 0.05) is 36.3 Å². The van der Waals surface area contributed by atoms with Crippen LogP contribution in [0.2, 0.25) is 0 Å². The van der Waals surface area contributed by atoms with Gasteiger partial charge in [-0.15, -0.1) is 24.8 Å². The van der Waals surface area contributed by atoms with Gasteiger partial charge in [-0.2, -0.15) is 0 Å². The molecule has 23 heavy (non-hydrogen) atoms. The number of hydrogen-bond acceptors (Lipinski definition) is 4. The minimum absolute atomic E-state index is 0. The van der Waals surface area contributed by atoms with Crippen LogP contribution in [-0.2, 0) is 6.54 Å². The smallest absolute Gasteiger partial charge is 0.127 e. The normalized spacial score (nSPS) is 15.4.